The Bertz CT molecular complexity index is 379. The van der Waals surface area contributed by atoms with Crippen molar-refractivity contribution in [3.8, 4) is 0 Å². The Kier molecular flexibility index (Phi) is 4.85. The molecule has 0 spiro atoms. The first-order chi connectivity index (χ1) is 7.65. The van der Waals surface area contributed by atoms with Gasteiger partial charge in [0.25, 0.3) is 0 Å². The Morgan fingerprint density at radius 1 is 1.38 bits per heavy atom. The van der Waals surface area contributed by atoms with Gasteiger partial charge in [-0.1, -0.05) is 23.4 Å². The molecule has 0 radical (unpaired) electrons. The number of benzene rings is 1. The van der Waals surface area contributed by atoms with E-state index >= 15 is 0 Å². The van der Waals surface area contributed by atoms with Crippen LogP contribution in [0.2, 0.25) is 0 Å². The normalized spacial score (nSPS) is 11.1. The molecule has 0 aliphatic rings. The van der Waals surface area contributed by atoms with Crippen LogP contribution in [0.25, 0.3) is 0 Å². The third-order valence-electron chi connectivity index (χ3n) is 1.97. The maximum Gasteiger partial charge on any atom is 0.440 e. The van der Waals surface area contributed by atoms with Gasteiger partial charge in [-0.2, -0.15) is 0 Å². The molecule has 1 rings (SSSR count). The quantitative estimate of drug-likeness (QED) is 0.344. The smallest absolute Gasteiger partial charge is 0.297 e. The molecule has 1 amide bonds. The van der Waals surface area contributed by atoms with Crippen molar-refractivity contribution in [1.82, 2.24) is 0 Å². The van der Waals surface area contributed by atoms with Gasteiger partial charge in [-0.25, -0.2) is 4.79 Å². The van der Waals surface area contributed by atoms with E-state index in [1.54, 1.807) is 14.0 Å². The molecule has 0 N–H and O–H groups in total. The zero-order valence-corrected chi connectivity index (χ0v) is 10.3. The lowest BCUT2D eigenvalue weighted by Crippen LogP contribution is -2.25. The van der Waals surface area contributed by atoms with Crippen molar-refractivity contribution in [2.75, 3.05) is 18.2 Å². The molecule has 0 saturated carbocycles. The van der Waals surface area contributed by atoms with Crippen LogP contribution in [-0.2, 0) is 4.84 Å². The van der Waals surface area contributed by atoms with E-state index in [-0.39, 0.29) is 0 Å². The second-order valence-electron chi connectivity index (χ2n) is 3.07. The molecule has 0 fully saturated rings. The number of carbonyl (C=O) groups is 1. The van der Waals surface area contributed by atoms with Crippen LogP contribution in [0.4, 0.5) is 10.5 Å². The van der Waals surface area contributed by atoms with Crippen LogP contribution in [0.3, 0.4) is 0 Å². The highest BCUT2D eigenvalue weighted by Gasteiger charge is 2.11. The minimum Gasteiger partial charge on any atom is -0.297 e. The number of thioether (sulfide) groups is 1. The number of hydrogen-bond donors (Lipinski definition) is 0. The first kappa shape index (κ1) is 12.6. The molecule has 1 aromatic carbocycles. The average Bonchev–Trinajstić information content (AvgIpc) is 2.35. The van der Waals surface area contributed by atoms with Crippen molar-refractivity contribution < 1.29 is 9.63 Å². The molecular weight excluding hydrogens is 224 g/mol. The molecule has 86 valence electrons. The first-order valence-corrected chi connectivity index (χ1v) is 5.96. The van der Waals surface area contributed by atoms with Crippen LogP contribution in [0.15, 0.2) is 35.5 Å². The summed E-state index contributed by atoms with van der Waals surface area (Å²) in [5.41, 5.74) is 0.768. The van der Waals surface area contributed by atoms with E-state index in [2.05, 4.69) is 5.16 Å². The summed E-state index contributed by atoms with van der Waals surface area (Å²) >= 11 is 1.43. The van der Waals surface area contributed by atoms with E-state index < -0.39 is 6.09 Å². The van der Waals surface area contributed by atoms with Gasteiger partial charge in [0.15, 0.2) is 0 Å². The van der Waals surface area contributed by atoms with Gasteiger partial charge in [0.1, 0.15) is 5.04 Å². The van der Waals surface area contributed by atoms with Gasteiger partial charge < -0.3 is 0 Å². The van der Waals surface area contributed by atoms with Crippen LogP contribution < -0.4 is 4.90 Å². The van der Waals surface area contributed by atoms with E-state index in [0.29, 0.717) is 5.04 Å². The van der Waals surface area contributed by atoms with Crippen LogP contribution >= 0.6 is 11.8 Å². The Morgan fingerprint density at radius 2 is 2.00 bits per heavy atom. The topological polar surface area (TPSA) is 41.9 Å². The molecule has 0 bridgehead atoms. The van der Waals surface area contributed by atoms with E-state index in [0.717, 1.165) is 5.69 Å². The summed E-state index contributed by atoms with van der Waals surface area (Å²) < 4.78 is 0. The zero-order valence-electron chi connectivity index (χ0n) is 9.51. The third kappa shape index (κ3) is 3.58. The fourth-order valence-corrected chi connectivity index (χ4v) is 1.07. The summed E-state index contributed by atoms with van der Waals surface area (Å²) in [5.74, 6) is 0. The number of rotatable bonds is 2. The van der Waals surface area contributed by atoms with Crippen molar-refractivity contribution >= 4 is 28.6 Å². The second-order valence-corrected chi connectivity index (χ2v) is 4.07. The zero-order chi connectivity index (χ0) is 12.0. The van der Waals surface area contributed by atoms with Crippen LogP contribution in [0.5, 0.6) is 0 Å². The molecule has 0 heterocycles. The highest BCUT2D eigenvalue weighted by molar-refractivity contribution is 8.13. The maximum absolute atomic E-state index is 11.6. The minimum atomic E-state index is -0.500. The van der Waals surface area contributed by atoms with Gasteiger partial charge in [-0.15, -0.1) is 11.8 Å². The number of hydrogen-bond acceptors (Lipinski definition) is 4. The minimum absolute atomic E-state index is 0.500. The van der Waals surface area contributed by atoms with Gasteiger partial charge >= 0.3 is 6.09 Å². The molecule has 0 aliphatic carbocycles. The number of amides is 1. The monoisotopic (exact) mass is 238 g/mol. The van der Waals surface area contributed by atoms with E-state index in [1.165, 1.54) is 16.7 Å². The van der Waals surface area contributed by atoms with Crippen LogP contribution in [0.1, 0.15) is 6.92 Å². The van der Waals surface area contributed by atoms with Gasteiger partial charge in [-0.3, -0.25) is 9.74 Å². The fraction of sp³-hybridized carbons (Fsp3) is 0.273. The molecule has 0 aromatic heterocycles. The SMILES string of the molecule is CSC(C)=NOC(=O)N(C)c1ccccc1. The average molecular weight is 238 g/mol. The predicted molar refractivity (Wildman–Crippen MR) is 68.0 cm³/mol. The number of nitrogens with zero attached hydrogens (tertiary/aromatic N) is 2. The highest BCUT2D eigenvalue weighted by atomic mass is 32.2. The number of para-hydroxylation sites is 1. The van der Waals surface area contributed by atoms with E-state index in [9.17, 15) is 4.79 Å². The van der Waals surface area contributed by atoms with Crippen molar-refractivity contribution in [2.24, 2.45) is 5.16 Å². The standard InChI is InChI=1S/C11H14N2O2S/c1-9(16-3)12-15-11(14)13(2)10-7-5-4-6-8-10/h4-8H,1-3H3. The van der Waals surface area contributed by atoms with Crippen molar-refractivity contribution in [1.29, 1.82) is 0 Å². The lowest BCUT2D eigenvalue weighted by Gasteiger charge is -2.14. The van der Waals surface area contributed by atoms with Crippen molar-refractivity contribution in [3.63, 3.8) is 0 Å². The summed E-state index contributed by atoms with van der Waals surface area (Å²) in [6, 6.07) is 9.25. The Hall–Kier alpha value is -1.49. The predicted octanol–water partition coefficient (Wildman–Crippen LogP) is 2.96. The molecule has 5 heteroatoms. The largest absolute Gasteiger partial charge is 0.440 e. The first-order valence-electron chi connectivity index (χ1n) is 4.73. The lowest BCUT2D eigenvalue weighted by molar-refractivity contribution is 0.160. The van der Waals surface area contributed by atoms with Crippen LogP contribution in [-0.4, -0.2) is 24.4 Å². The summed E-state index contributed by atoms with van der Waals surface area (Å²) in [4.78, 5) is 17.7. The van der Waals surface area contributed by atoms with Crippen molar-refractivity contribution in [2.45, 2.75) is 6.92 Å². The number of oxime groups is 1. The molecule has 0 saturated heterocycles. The summed E-state index contributed by atoms with van der Waals surface area (Å²) in [5, 5.41) is 4.38. The molecule has 4 nitrogen and oxygen atoms in total. The second kappa shape index (κ2) is 6.17. The summed E-state index contributed by atoms with van der Waals surface area (Å²) in [7, 11) is 1.64. The van der Waals surface area contributed by atoms with Gasteiger partial charge in [0.2, 0.25) is 0 Å². The molecule has 1 aromatic rings. The molecule has 0 unspecified atom stereocenters. The Balaban J connectivity index is 2.62. The van der Waals surface area contributed by atoms with E-state index in [1.807, 2.05) is 36.6 Å². The third-order valence-corrected chi connectivity index (χ3v) is 2.63. The highest BCUT2D eigenvalue weighted by Crippen LogP contribution is 2.12. The number of carbonyl (C=O) groups excluding carboxylic acids is 1. The Morgan fingerprint density at radius 3 is 2.56 bits per heavy atom. The van der Waals surface area contributed by atoms with Gasteiger partial charge in [0.05, 0.1) is 0 Å². The number of anilines is 1. The molecule has 0 aliphatic heterocycles. The van der Waals surface area contributed by atoms with Crippen molar-refractivity contribution in [3.05, 3.63) is 30.3 Å². The van der Waals surface area contributed by atoms with Gasteiger partial charge in [-0.05, 0) is 25.3 Å². The molecule has 16 heavy (non-hydrogen) atoms. The lowest BCUT2D eigenvalue weighted by atomic mass is 10.3. The fourth-order valence-electron chi connectivity index (χ4n) is 0.959. The van der Waals surface area contributed by atoms with Gasteiger partial charge in [0, 0.05) is 12.7 Å². The van der Waals surface area contributed by atoms with E-state index in [4.69, 9.17) is 4.84 Å². The summed E-state index contributed by atoms with van der Waals surface area (Å²) in [6.07, 6.45) is 1.37. The maximum atomic E-state index is 11.6. The van der Waals surface area contributed by atoms with Crippen LogP contribution in [0, 0.1) is 0 Å². The summed E-state index contributed by atoms with van der Waals surface area (Å²) in [6.45, 7) is 1.78. The molecular formula is C11H14N2O2S. The Labute approximate surface area is 99.3 Å². The molecule has 0 atom stereocenters.